The number of hydrogen-bond donors (Lipinski definition) is 4. The molecule has 3 amide bonds. The van der Waals surface area contributed by atoms with Gasteiger partial charge in [-0.3, -0.25) is 19.2 Å². The number of pyridine rings is 1. The maximum Gasteiger partial charge on any atom is 0.261 e. The molecule has 29 heavy (non-hydrogen) atoms. The van der Waals surface area contributed by atoms with Crippen LogP contribution in [0, 0.1) is 0 Å². The van der Waals surface area contributed by atoms with Gasteiger partial charge in [-0.05, 0) is 56.0 Å². The van der Waals surface area contributed by atoms with E-state index in [0.717, 1.165) is 11.3 Å². The van der Waals surface area contributed by atoms with Gasteiger partial charge in [-0.25, -0.2) is 0 Å². The van der Waals surface area contributed by atoms with Gasteiger partial charge in [-0.15, -0.1) is 11.8 Å². The van der Waals surface area contributed by atoms with Crippen molar-refractivity contribution >= 4 is 35.2 Å². The van der Waals surface area contributed by atoms with Gasteiger partial charge >= 0.3 is 0 Å². The normalized spacial score (nSPS) is 20.2. The molecule has 1 aromatic carbocycles. The summed E-state index contributed by atoms with van der Waals surface area (Å²) in [6.45, 7) is 1.83. The van der Waals surface area contributed by atoms with Gasteiger partial charge in [-0.1, -0.05) is 0 Å². The number of amides is 3. The first-order chi connectivity index (χ1) is 13.8. The molecule has 2 atom stereocenters. The molecule has 0 radical (unpaired) electrons. The highest BCUT2D eigenvalue weighted by Gasteiger charge is 2.27. The first-order valence-corrected chi connectivity index (χ1v) is 10.2. The lowest BCUT2D eigenvalue weighted by Crippen LogP contribution is -2.34. The number of hydrogen-bond acceptors (Lipinski definition) is 5. The van der Waals surface area contributed by atoms with E-state index in [1.807, 2.05) is 13.0 Å². The van der Waals surface area contributed by atoms with Crippen molar-refractivity contribution in [1.82, 2.24) is 10.3 Å². The van der Waals surface area contributed by atoms with Crippen molar-refractivity contribution in [2.24, 2.45) is 5.73 Å². The zero-order valence-corrected chi connectivity index (χ0v) is 16.5. The lowest BCUT2D eigenvalue weighted by molar-refractivity contribution is -0.115. The number of thioether (sulfide) groups is 1. The van der Waals surface area contributed by atoms with E-state index in [9.17, 15) is 19.2 Å². The summed E-state index contributed by atoms with van der Waals surface area (Å²) in [6.07, 6.45) is 2.13. The van der Waals surface area contributed by atoms with Crippen molar-refractivity contribution in [3.05, 3.63) is 57.0 Å². The quantitative estimate of drug-likeness (QED) is 0.609. The van der Waals surface area contributed by atoms with Crippen molar-refractivity contribution in [2.75, 3.05) is 5.32 Å². The van der Waals surface area contributed by atoms with Crippen LogP contribution >= 0.6 is 11.8 Å². The maximum atomic E-state index is 12.8. The first kappa shape index (κ1) is 19.3. The third kappa shape index (κ3) is 3.65. The predicted octanol–water partition coefficient (Wildman–Crippen LogP) is 1.71. The van der Waals surface area contributed by atoms with Gasteiger partial charge < -0.3 is 21.4 Å². The van der Waals surface area contributed by atoms with Crippen molar-refractivity contribution in [1.29, 1.82) is 0 Å². The topological polar surface area (TPSA) is 134 Å². The Labute approximate surface area is 170 Å². The molecule has 0 saturated heterocycles. The minimum Gasteiger partial charge on any atom is -0.365 e. The minimum absolute atomic E-state index is 0.0933. The number of nitrogens with one attached hydrogen (secondary N) is 3. The Morgan fingerprint density at radius 2 is 2.03 bits per heavy atom. The fourth-order valence-electron chi connectivity index (χ4n) is 3.67. The molecule has 4 rings (SSSR count). The van der Waals surface area contributed by atoms with Crippen molar-refractivity contribution < 1.29 is 14.4 Å². The Bertz CT molecular complexity index is 1090. The summed E-state index contributed by atoms with van der Waals surface area (Å²) in [6, 6.07) is 6.33. The van der Waals surface area contributed by atoms with E-state index in [-0.39, 0.29) is 28.7 Å². The number of H-pyrrole nitrogens is 1. The van der Waals surface area contributed by atoms with Crippen LogP contribution in [0.25, 0.3) is 0 Å². The second-order valence-electron chi connectivity index (χ2n) is 7.19. The molecule has 2 aliphatic rings. The number of nitrogens with two attached hydrogens (primary N) is 1. The standard InChI is InChI=1S/C20H20N4O4S/c1-9-18(26)24-15-7-10(5-6-16(15)29-9)19(27)22-13-3-2-4-14-11(13)8-12(17(21)25)20(28)23-14/h5-9,13H,2-4H2,1H3,(H2,21,25)(H,22,27)(H,23,28)(H,24,26)/t9-,13-/m0/s1. The largest absolute Gasteiger partial charge is 0.365 e. The molecule has 1 aromatic heterocycles. The number of aromatic nitrogens is 1. The van der Waals surface area contributed by atoms with Crippen molar-refractivity contribution in [3.63, 3.8) is 0 Å². The van der Waals surface area contributed by atoms with Crippen LogP contribution in [0.15, 0.2) is 34.0 Å². The van der Waals surface area contributed by atoms with Gasteiger partial charge in [0.1, 0.15) is 5.56 Å². The SMILES string of the molecule is C[C@@H]1Sc2ccc(C(=O)N[C@H]3CCCc4[nH]c(=O)c(C(N)=O)cc43)cc2NC1=O. The van der Waals surface area contributed by atoms with E-state index in [1.54, 1.807) is 12.1 Å². The zero-order chi connectivity index (χ0) is 20.7. The van der Waals surface area contributed by atoms with Gasteiger partial charge in [0.15, 0.2) is 0 Å². The number of benzene rings is 1. The first-order valence-electron chi connectivity index (χ1n) is 9.32. The van der Waals surface area contributed by atoms with Gasteiger partial charge in [0.25, 0.3) is 17.4 Å². The highest BCUT2D eigenvalue weighted by atomic mass is 32.2. The summed E-state index contributed by atoms with van der Waals surface area (Å²) in [5.41, 5.74) is 7.11. The van der Waals surface area contributed by atoms with Crippen LogP contribution in [0.5, 0.6) is 0 Å². The second kappa shape index (κ2) is 7.40. The van der Waals surface area contributed by atoms with Crippen LogP contribution in [0.1, 0.15) is 57.8 Å². The average Bonchev–Trinajstić information content (AvgIpc) is 2.68. The molecule has 0 unspecified atom stereocenters. The second-order valence-corrected chi connectivity index (χ2v) is 8.57. The number of carbonyl (C=O) groups excluding carboxylic acids is 3. The molecule has 1 aliphatic carbocycles. The van der Waals surface area contributed by atoms with E-state index < -0.39 is 11.5 Å². The Balaban J connectivity index is 1.60. The molecule has 2 heterocycles. The Hall–Kier alpha value is -3.07. The van der Waals surface area contributed by atoms with Crippen LogP contribution in [0.2, 0.25) is 0 Å². The molecule has 1 aliphatic heterocycles. The van der Waals surface area contributed by atoms with Gasteiger partial charge in [0, 0.05) is 16.2 Å². The molecule has 2 aromatic rings. The van der Waals surface area contributed by atoms with Crippen LogP contribution in [0.3, 0.4) is 0 Å². The molecule has 0 spiro atoms. The van der Waals surface area contributed by atoms with Gasteiger partial charge in [0.05, 0.1) is 17.0 Å². The van der Waals surface area contributed by atoms with Crippen molar-refractivity contribution in [2.45, 2.75) is 42.4 Å². The number of fused-ring (bicyclic) bond motifs is 2. The van der Waals surface area contributed by atoms with E-state index in [1.165, 1.54) is 17.8 Å². The minimum atomic E-state index is -0.804. The van der Waals surface area contributed by atoms with E-state index in [2.05, 4.69) is 15.6 Å². The highest BCUT2D eigenvalue weighted by molar-refractivity contribution is 8.00. The van der Waals surface area contributed by atoms with Crippen LogP contribution in [-0.2, 0) is 11.2 Å². The third-order valence-corrected chi connectivity index (χ3v) is 6.37. The van der Waals surface area contributed by atoms with Crippen molar-refractivity contribution in [3.8, 4) is 0 Å². The van der Waals surface area contributed by atoms with Crippen LogP contribution < -0.4 is 21.9 Å². The molecule has 0 fully saturated rings. The molecule has 5 N–H and O–H groups in total. The summed E-state index contributed by atoms with van der Waals surface area (Å²) in [5.74, 6) is -1.19. The predicted molar refractivity (Wildman–Crippen MR) is 109 cm³/mol. The van der Waals surface area contributed by atoms with E-state index in [4.69, 9.17) is 5.73 Å². The third-order valence-electron chi connectivity index (χ3n) is 5.20. The molecule has 150 valence electrons. The average molecular weight is 412 g/mol. The van der Waals surface area contributed by atoms with E-state index in [0.29, 0.717) is 35.3 Å². The summed E-state index contributed by atoms with van der Waals surface area (Å²) >= 11 is 1.45. The fraction of sp³-hybridized carbons (Fsp3) is 0.300. The molecule has 9 heteroatoms. The number of primary amides is 1. The lowest BCUT2D eigenvalue weighted by atomic mass is 9.90. The summed E-state index contributed by atoms with van der Waals surface area (Å²) < 4.78 is 0. The number of carbonyl (C=O) groups is 3. The Morgan fingerprint density at radius 1 is 1.24 bits per heavy atom. The number of rotatable bonds is 3. The highest BCUT2D eigenvalue weighted by Crippen LogP contribution is 2.36. The molecular formula is C20H20N4O4S. The van der Waals surface area contributed by atoms with Crippen LogP contribution in [-0.4, -0.2) is 28.0 Å². The molecule has 0 saturated carbocycles. The van der Waals surface area contributed by atoms with Gasteiger partial charge in [-0.2, -0.15) is 0 Å². The summed E-state index contributed by atoms with van der Waals surface area (Å²) in [4.78, 5) is 51.9. The molecular weight excluding hydrogens is 392 g/mol. The van der Waals surface area contributed by atoms with Crippen LogP contribution in [0.4, 0.5) is 5.69 Å². The lowest BCUT2D eigenvalue weighted by Gasteiger charge is -2.27. The number of aromatic amines is 1. The Morgan fingerprint density at radius 3 is 2.79 bits per heavy atom. The summed E-state index contributed by atoms with van der Waals surface area (Å²) in [5, 5.41) is 5.61. The van der Waals surface area contributed by atoms with E-state index >= 15 is 0 Å². The zero-order valence-electron chi connectivity index (χ0n) is 15.7. The molecule has 8 nitrogen and oxygen atoms in total. The Kier molecular flexibility index (Phi) is 4.91. The number of anilines is 1. The monoisotopic (exact) mass is 412 g/mol. The fourth-order valence-corrected chi connectivity index (χ4v) is 4.60. The molecule has 0 bridgehead atoms. The number of aryl methyl sites for hydroxylation is 1. The maximum absolute atomic E-state index is 12.8. The summed E-state index contributed by atoms with van der Waals surface area (Å²) in [7, 11) is 0. The van der Waals surface area contributed by atoms with Gasteiger partial charge in [0.2, 0.25) is 5.91 Å². The smallest absolute Gasteiger partial charge is 0.261 e.